The molecule has 1 heterocycles. The van der Waals surface area contributed by atoms with E-state index < -0.39 is 21.2 Å². The first kappa shape index (κ1) is 12.2. The lowest BCUT2D eigenvalue weighted by Crippen LogP contribution is -2.09. The van der Waals surface area contributed by atoms with Crippen molar-refractivity contribution in [2.24, 2.45) is 0 Å². The van der Waals surface area contributed by atoms with Gasteiger partial charge in [0.25, 0.3) is 5.69 Å². The first-order valence-corrected chi connectivity index (χ1v) is 6.63. The fourth-order valence-corrected chi connectivity index (χ4v) is 2.24. The maximum absolute atomic E-state index is 11.1. The van der Waals surface area contributed by atoms with Gasteiger partial charge in [-0.3, -0.25) is 15.0 Å². The van der Waals surface area contributed by atoms with Crippen molar-refractivity contribution in [3.05, 3.63) is 38.9 Å². The fraction of sp³-hybridized carbons (Fsp3) is 0.250. The standard InChI is InChI=1S/C8H7ClN2O5S/c1-17(14,15)11-8(16-11)6-4-5(10(12)13)2-3-7(6)9/h2-4,8H,1H3. The van der Waals surface area contributed by atoms with Gasteiger partial charge in [0.2, 0.25) is 10.0 Å². The van der Waals surface area contributed by atoms with Gasteiger partial charge < -0.3 is 0 Å². The Hall–Kier alpha value is -1.22. The minimum Gasteiger partial charge on any atom is -0.258 e. The molecule has 1 aromatic carbocycles. The molecule has 0 aliphatic carbocycles. The molecule has 2 rings (SSSR count). The number of rotatable bonds is 3. The van der Waals surface area contributed by atoms with E-state index in [9.17, 15) is 18.5 Å². The summed E-state index contributed by atoms with van der Waals surface area (Å²) in [5.74, 6) is 0. The van der Waals surface area contributed by atoms with Gasteiger partial charge in [-0.05, 0) is 10.5 Å². The monoisotopic (exact) mass is 278 g/mol. The third kappa shape index (κ3) is 2.39. The summed E-state index contributed by atoms with van der Waals surface area (Å²) in [4.78, 5) is 14.8. The normalized spacial score (nSPS) is 23.4. The molecule has 2 atom stereocenters. The molecule has 0 saturated carbocycles. The van der Waals surface area contributed by atoms with E-state index in [0.717, 1.165) is 10.7 Å². The van der Waals surface area contributed by atoms with E-state index in [0.29, 0.717) is 0 Å². The number of nitro groups is 1. The van der Waals surface area contributed by atoms with Gasteiger partial charge in [0.1, 0.15) is 0 Å². The van der Waals surface area contributed by atoms with Crippen molar-refractivity contribution in [1.29, 1.82) is 0 Å². The van der Waals surface area contributed by atoms with Gasteiger partial charge >= 0.3 is 0 Å². The Labute approximate surface area is 102 Å². The van der Waals surface area contributed by atoms with E-state index in [-0.39, 0.29) is 16.3 Å². The molecule has 1 saturated heterocycles. The van der Waals surface area contributed by atoms with Gasteiger partial charge in [0.05, 0.1) is 11.2 Å². The SMILES string of the molecule is CS(=O)(=O)N1OC1c1cc([N+](=O)[O-])ccc1Cl. The Balaban J connectivity index is 2.35. The van der Waals surface area contributed by atoms with Gasteiger partial charge in [-0.25, -0.2) is 8.42 Å². The lowest BCUT2D eigenvalue weighted by Gasteiger charge is -1.99. The maximum atomic E-state index is 11.1. The van der Waals surface area contributed by atoms with Crippen molar-refractivity contribution >= 4 is 27.3 Å². The number of hydrogen-bond donors (Lipinski definition) is 0. The van der Waals surface area contributed by atoms with Crippen LogP contribution < -0.4 is 0 Å². The summed E-state index contributed by atoms with van der Waals surface area (Å²) < 4.78 is 23.0. The van der Waals surface area contributed by atoms with Crippen LogP contribution in [0.15, 0.2) is 18.2 Å². The summed E-state index contributed by atoms with van der Waals surface area (Å²) in [5.41, 5.74) is 0.0830. The van der Waals surface area contributed by atoms with Crippen molar-refractivity contribution in [3.63, 3.8) is 0 Å². The van der Waals surface area contributed by atoms with Gasteiger partial charge in [-0.2, -0.15) is 0 Å². The Morgan fingerprint density at radius 1 is 1.53 bits per heavy atom. The molecule has 1 aliphatic heterocycles. The van der Waals surface area contributed by atoms with Crippen molar-refractivity contribution in [3.8, 4) is 0 Å². The van der Waals surface area contributed by atoms with Gasteiger partial charge in [-0.1, -0.05) is 11.6 Å². The van der Waals surface area contributed by atoms with Crippen LogP contribution in [0.4, 0.5) is 5.69 Å². The molecule has 0 N–H and O–H groups in total. The molecule has 17 heavy (non-hydrogen) atoms. The minimum atomic E-state index is -3.49. The summed E-state index contributed by atoms with van der Waals surface area (Å²) >= 11 is 5.83. The van der Waals surface area contributed by atoms with E-state index in [1.165, 1.54) is 18.2 Å². The molecule has 0 spiro atoms. The molecular weight excluding hydrogens is 272 g/mol. The van der Waals surface area contributed by atoms with Crippen molar-refractivity contribution in [2.75, 3.05) is 6.26 Å². The first-order chi connectivity index (χ1) is 7.80. The largest absolute Gasteiger partial charge is 0.269 e. The van der Waals surface area contributed by atoms with Crippen molar-refractivity contribution in [1.82, 2.24) is 4.47 Å². The summed E-state index contributed by atoms with van der Waals surface area (Å²) in [6, 6.07) is 3.76. The average Bonchev–Trinajstić information content (AvgIpc) is 2.96. The highest BCUT2D eigenvalue weighted by molar-refractivity contribution is 7.88. The number of nitro benzene ring substituents is 1. The summed E-state index contributed by atoms with van der Waals surface area (Å²) in [7, 11) is -3.49. The highest BCUT2D eigenvalue weighted by atomic mass is 35.5. The Bertz CT molecular complexity index is 588. The molecule has 0 aromatic heterocycles. The van der Waals surface area contributed by atoms with Crippen LogP contribution in [0.5, 0.6) is 0 Å². The van der Waals surface area contributed by atoms with Crippen LogP contribution in [-0.4, -0.2) is 24.1 Å². The molecule has 1 fully saturated rings. The van der Waals surface area contributed by atoms with Crippen LogP contribution in [0.1, 0.15) is 11.8 Å². The van der Waals surface area contributed by atoms with Crippen LogP contribution >= 0.6 is 11.6 Å². The van der Waals surface area contributed by atoms with Crippen LogP contribution in [0, 0.1) is 10.1 Å². The molecule has 2 unspecified atom stereocenters. The molecule has 0 radical (unpaired) electrons. The predicted molar refractivity (Wildman–Crippen MR) is 58.6 cm³/mol. The highest BCUT2D eigenvalue weighted by Gasteiger charge is 2.47. The molecule has 9 heteroatoms. The molecule has 0 amide bonds. The average molecular weight is 279 g/mol. The Morgan fingerprint density at radius 3 is 2.65 bits per heavy atom. The smallest absolute Gasteiger partial charge is 0.258 e. The van der Waals surface area contributed by atoms with Crippen LogP contribution in [0.2, 0.25) is 5.02 Å². The van der Waals surface area contributed by atoms with Gasteiger partial charge in [0.15, 0.2) is 6.23 Å². The lowest BCUT2D eigenvalue weighted by atomic mass is 10.2. The zero-order valence-electron chi connectivity index (χ0n) is 8.53. The van der Waals surface area contributed by atoms with E-state index >= 15 is 0 Å². The molecule has 1 aliphatic rings. The summed E-state index contributed by atoms with van der Waals surface area (Å²) in [6.07, 6.45) is 0.0931. The molecule has 1 aromatic rings. The number of halogens is 1. The first-order valence-electron chi connectivity index (χ1n) is 4.41. The molecule has 0 bridgehead atoms. The number of hydroxylamine groups is 1. The summed E-state index contributed by atoms with van der Waals surface area (Å²) in [5, 5.41) is 10.8. The van der Waals surface area contributed by atoms with Gasteiger partial charge in [0, 0.05) is 22.7 Å². The second-order valence-corrected chi connectivity index (χ2v) is 5.67. The zero-order chi connectivity index (χ0) is 12.8. The quantitative estimate of drug-likeness (QED) is 0.474. The summed E-state index contributed by atoms with van der Waals surface area (Å²) in [6.45, 7) is 0. The van der Waals surface area contributed by atoms with E-state index in [1.54, 1.807) is 0 Å². The number of benzene rings is 1. The van der Waals surface area contributed by atoms with E-state index in [2.05, 4.69) is 0 Å². The van der Waals surface area contributed by atoms with Crippen LogP contribution in [-0.2, 0) is 14.9 Å². The van der Waals surface area contributed by atoms with Crippen LogP contribution in [0.25, 0.3) is 0 Å². The second kappa shape index (κ2) is 3.91. The fourth-order valence-electron chi connectivity index (χ4n) is 1.33. The molecular formula is C8H7ClN2O5S. The third-order valence-corrected chi connectivity index (χ3v) is 3.41. The maximum Gasteiger partial charge on any atom is 0.269 e. The highest BCUT2D eigenvalue weighted by Crippen LogP contribution is 2.43. The zero-order valence-corrected chi connectivity index (χ0v) is 10.1. The van der Waals surface area contributed by atoms with Crippen molar-refractivity contribution in [2.45, 2.75) is 6.23 Å². The van der Waals surface area contributed by atoms with E-state index in [4.69, 9.17) is 16.4 Å². The second-order valence-electron chi connectivity index (χ2n) is 3.44. The topological polar surface area (TPSA) is 92.8 Å². The predicted octanol–water partition coefficient (Wildman–Crippen LogP) is 1.45. The lowest BCUT2D eigenvalue weighted by molar-refractivity contribution is -0.384. The van der Waals surface area contributed by atoms with E-state index in [1.807, 2.05) is 0 Å². The van der Waals surface area contributed by atoms with Crippen LogP contribution in [0.3, 0.4) is 0 Å². The Morgan fingerprint density at radius 2 is 2.18 bits per heavy atom. The number of nitrogens with zero attached hydrogens (tertiary/aromatic N) is 2. The number of sulfonamides is 1. The third-order valence-electron chi connectivity index (χ3n) is 2.13. The van der Waals surface area contributed by atoms with Crippen molar-refractivity contribution < 1.29 is 18.2 Å². The number of hydrogen-bond acceptors (Lipinski definition) is 5. The Kier molecular flexibility index (Phi) is 2.82. The molecule has 92 valence electrons. The van der Waals surface area contributed by atoms with Gasteiger partial charge in [-0.15, -0.1) is 0 Å². The molecule has 7 nitrogen and oxygen atoms in total. The minimum absolute atomic E-state index is 0.173. The number of non-ortho nitro benzene ring substituents is 1.